The predicted molar refractivity (Wildman–Crippen MR) is 85.5 cm³/mol. The average Bonchev–Trinajstić information content (AvgIpc) is 2.49. The highest BCUT2D eigenvalue weighted by Crippen LogP contribution is 2.25. The Balaban J connectivity index is 2.17. The summed E-state index contributed by atoms with van der Waals surface area (Å²) in [7, 11) is 1.34. The second kappa shape index (κ2) is 7.11. The fourth-order valence-corrected chi connectivity index (χ4v) is 2.11. The molecule has 0 fully saturated rings. The minimum Gasteiger partial charge on any atom is -0.465 e. The van der Waals surface area contributed by atoms with Crippen LogP contribution in [0.2, 0.25) is 10.0 Å². The quantitative estimate of drug-likeness (QED) is 0.520. The first kappa shape index (κ1) is 15.4. The minimum atomic E-state index is -0.415. The van der Waals surface area contributed by atoms with Crippen LogP contribution in [0.5, 0.6) is 0 Å². The van der Waals surface area contributed by atoms with Gasteiger partial charge in [0.15, 0.2) is 0 Å². The summed E-state index contributed by atoms with van der Waals surface area (Å²) in [6.45, 7) is 0. The van der Waals surface area contributed by atoms with E-state index in [-0.39, 0.29) is 0 Å². The van der Waals surface area contributed by atoms with Crippen LogP contribution in [-0.4, -0.2) is 19.3 Å². The third-order valence-electron chi connectivity index (χ3n) is 2.69. The number of esters is 1. The number of benzene rings is 2. The molecule has 2 rings (SSSR count). The Kier molecular flexibility index (Phi) is 5.20. The Morgan fingerprint density at radius 1 is 1.24 bits per heavy atom. The summed E-state index contributed by atoms with van der Waals surface area (Å²) in [6.07, 6.45) is 1.52. The van der Waals surface area contributed by atoms with Crippen molar-refractivity contribution in [1.29, 1.82) is 0 Å². The number of carbonyl (C=O) groups excluding carboxylic acids is 1. The molecule has 0 spiro atoms. The van der Waals surface area contributed by atoms with Gasteiger partial charge in [-0.2, -0.15) is 5.10 Å². The van der Waals surface area contributed by atoms with Crippen molar-refractivity contribution in [2.24, 2.45) is 5.10 Å². The smallest absolute Gasteiger partial charge is 0.338 e. The molecule has 0 amide bonds. The lowest BCUT2D eigenvalue weighted by Crippen LogP contribution is -2.05. The fraction of sp³-hybridized carbons (Fsp3) is 0.0667. The van der Waals surface area contributed by atoms with Gasteiger partial charge in [0.2, 0.25) is 0 Å². The number of carbonyl (C=O) groups is 1. The van der Waals surface area contributed by atoms with E-state index in [1.807, 2.05) is 6.07 Å². The van der Waals surface area contributed by atoms with Gasteiger partial charge >= 0.3 is 5.97 Å². The first-order valence-corrected chi connectivity index (χ1v) is 6.79. The van der Waals surface area contributed by atoms with Gasteiger partial charge in [0.1, 0.15) is 0 Å². The lowest BCUT2D eigenvalue weighted by molar-refractivity contribution is 0.0600. The van der Waals surface area contributed by atoms with Crippen molar-refractivity contribution in [3.8, 4) is 0 Å². The highest BCUT2D eigenvalue weighted by atomic mass is 35.5. The van der Waals surface area contributed by atoms with Gasteiger partial charge < -0.3 is 4.74 Å². The van der Waals surface area contributed by atoms with Crippen molar-refractivity contribution < 1.29 is 9.53 Å². The Morgan fingerprint density at radius 2 is 2.00 bits per heavy atom. The third kappa shape index (κ3) is 3.97. The summed E-state index contributed by atoms with van der Waals surface area (Å²) in [5, 5.41) is 5.08. The van der Waals surface area contributed by atoms with E-state index in [9.17, 15) is 4.79 Å². The maximum absolute atomic E-state index is 11.6. The maximum atomic E-state index is 11.6. The number of ether oxygens (including phenoxy) is 1. The maximum Gasteiger partial charge on any atom is 0.338 e. The second-order valence-corrected chi connectivity index (χ2v) is 4.92. The van der Waals surface area contributed by atoms with Crippen LogP contribution in [0.3, 0.4) is 0 Å². The molecule has 6 heteroatoms. The topological polar surface area (TPSA) is 50.7 Å². The van der Waals surface area contributed by atoms with Crippen LogP contribution < -0.4 is 5.43 Å². The summed E-state index contributed by atoms with van der Waals surface area (Å²) in [5.41, 5.74) is 4.50. The Bertz CT molecular complexity index is 687. The number of nitrogens with zero attached hydrogens (tertiary/aromatic N) is 1. The van der Waals surface area contributed by atoms with Gasteiger partial charge in [0, 0.05) is 10.6 Å². The molecule has 0 radical (unpaired) electrons. The molecule has 21 heavy (non-hydrogen) atoms. The van der Waals surface area contributed by atoms with E-state index < -0.39 is 5.97 Å². The van der Waals surface area contributed by atoms with Crippen LogP contribution >= 0.6 is 23.2 Å². The third-order valence-corrected chi connectivity index (χ3v) is 3.23. The van der Waals surface area contributed by atoms with Crippen LogP contribution in [0.4, 0.5) is 5.69 Å². The molecule has 0 bridgehead atoms. The molecule has 0 atom stereocenters. The number of hydrogen-bond donors (Lipinski definition) is 1. The molecule has 0 aliphatic heterocycles. The van der Waals surface area contributed by atoms with Crippen molar-refractivity contribution in [3.05, 3.63) is 63.6 Å². The predicted octanol–water partition coefficient (Wildman–Crippen LogP) is 4.23. The van der Waals surface area contributed by atoms with Crippen LogP contribution in [0.1, 0.15) is 15.9 Å². The molecule has 2 aromatic rings. The fourth-order valence-electron chi connectivity index (χ4n) is 1.66. The molecular weight excluding hydrogens is 311 g/mol. The standard InChI is InChI=1S/C15H12Cl2N2O2/c1-21-15(20)12-5-3-2-4-10(12)9-18-19-14-7-6-11(16)8-13(14)17/h2-9,19H,1H3/b18-9+. The van der Waals surface area contributed by atoms with Crippen LogP contribution in [0.25, 0.3) is 0 Å². The SMILES string of the molecule is COC(=O)c1ccccc1/C=N/Nc1ccc(Cl)cc1Cl. The number of rotatable bonds is 4. The monoisotopic (exact) mass is 322 g/mol. The van der Waals surface area contributed by atoms with Gasteiger partial charge in [-0.3, -0.25) is 5.43 Å². The van der Waals surface area contributed by atoms with Gasteiger partial charge in [0.25, 0.3) is 0 Å². The molecule has 0 unspecified atom stereocenters. The number of anilines is 1. The van der Waals surface area contributed by atoms with E-state index in [0.717, 1.165) is 0 Å². The molecule has 0 aliphatic carbocycles. The molecular formula is C15H12Cl2N2O2. The average molecular weight is 323 g/mol. The van der Waals surface area contributed by atoms with Crippen LogP contribution in [0, 0.1) is 0 Å². The molecule has 2 aromatic carbocycles. The van der Waals surface area contributed by atoms with Crippen molar-refractivity contribution in [2.45, 2.75) is 0 Å². The summed E-state index contributed by atoms with van der Waals surface area (Å²) in [4.78, 5) is 11.6. The lowest BCUT2D eigenvalue weighted by atomic mass is 10.1. The minimum absolute atomic E-state index is 0.415. The lowest BCUT2D eigenvalue weighted by Gasteiger charge is -2.05. The molecule has 4 nitrogen and oxygen atoms in total. The molecule has 0 saturated heterocycles. The van der Waals surface area contributed by atoms with Crippen LogP contribution in [-0.2, 0) is 4.74 Å². The second-order valence-electron chi connectivity index (χ2n) is 4.07. The highest BCUT2D eigenvalue weighted by Gasteiger charge is 2.09. The number of halogens is 2. The zero-order valence-corrected chi connectivity index (χ0v) is 12.7. The largest absolute Gasteiger partial charge is 0.465 e. The molecule has 0 heterocycles. The number of methoxy groups -OCH3 is 1. The van der Waals surface area contributed by atoms with Gasteiger partial charge in [-0.15, -0.1) is 0 Å². The van der Waals surface area contributed by atoms with Crippen molar-refractivity contribution >= 4 is 41.1 Å². The van der Waals surface area contributed by atoms with Gasteiger partial charge in [-0.1, -0.05) is 41.4 Å². The molecule has 0 aromatic heterocycles. The van der Waals surface area contributed by atoms with Crippen molar-refractivity contribution in [3.63, 3.8) is 0 Å². The Labute approximate surface area is 132 Å². The first-order chi connectivity index (χ1) is 10.1. The van der Waals surface area contributed by atoms with E-state index in [1.165, 1.54) is 13.3 Å². The van der Waals surface area contributed by atoms with Gasteiger partial charge in [-0.05, 0) is 24.3 Å². The Morgan fingerprint density at radius 3 is 2.71 bits per heavy atom. The van der Waals surface area contributed by atoms with Crippen molar-refractivity contribution in [2.75, 3.05) is 12.5 Å². The summed E-state index contributed by atoms with van der Waals surface area (Å²) in [5.74, 6) is -0.415. The highest BCUT2D eigenvalue weighted by molar-refractivity contribution is 6.36. The van der Waals surface area contributed by atoms with Crippen LogP contribution in [0.15, 0.2) is 47.6 Å². The van der Waals surface area contributed by atoms with Gasteiger partial charge in [0.05, 0.1) is 29.6 Å². The van der Waals surface area contributed by atoms with E-state index in [1.54, 1.807) is 36.4 Å². The number of nitrogens with one attached hydrogen (secondary N) is 1. The normalized spacial score (nSPS) is 10.6. The van der Waals surface area contributed by atoms with Crippen molar-refractivity contribution in [1.82, 2.24) is 0 Å². The zero-order valence-electron chi connectivity index (χ0n) is 11.1. The summed E-state index contributed by atoms with van der Waals surface area (Å²) in [6, 6.07) is 12.0. The van der Waals surface area contributed by atoms with E-state index >= 15 is 0 Å². The number of hydrogen-bond acceptors (Lipinski definition) is 4. The summed E-state index contributed by atoms with van der Waals surface area (Å²) < 4.78 is 4.72. The molecule has 108 valence electrons. The Hall–Kier alpha value is -2.04. The summed E-state index contributed by atoms with van der Waals surface area (Å²) >= 11 is 11.8. The van der Waals surface area contributed by atoms with Gasteiger partial charge in [-0.25, -0.2) is 4.79 Å². The number of hydrazone groups is 1. The molecule has 0 saturated carbocycles. The zero-order chi connectivity index (χ0) is 15.2. The first-order valence-electron chi connectivity index (χ1n) is 6.03. The molecule has 1 N–H and O–H groups in total. The van der Waals surface area contributed by atoms with E-state index in [2.05, 4.69) is 10.5 Å². The van der Waals surface area contributed by atoms with E-state index in [4.69, 9.17) is 27.9 Å². The molecule has 0 aliphatic rings. The van der Waals surface area contributed by atoms with E-state index in [0.29, 0.717) is 26.9 Å².